The van der Waals surface area contributed by atoms with E-state index in [0.29, 0.717) is 19.3 Å². The molecule has 0 aliphatic carbocycles. The summed E-state index contributed by atoms with van der Waals surface area (Å²) in [6, 6.07) is 0. The van der Waals surface area contributed by atoms with Gasteiger partial charge in [0.05, 0.1) is 0 Å². The molecule has 0 spiro atoms. The van der Waals surface area contributed by atoms with E-state index in [4.69, 9.17) is 14.2 Å². The van der Waals surface area contributed by atoms with Gasteiger partial charge in [-0.1, -0.05) is 276 Å². The standard InChI is InChI=1S/C75H124O6/c1-4-7-10-13-16-19-22-25-28-30-32-34-36-37-39-40-42-44-47-50-53-56-59-62-65-68-74(77)80-71-72(70-79-73(76)67-64-61-58-55-52-49-46-27-24-21-18-15-12-9-6-3)81-75(78)69-66-63-60-57-54-51-48-45-43-41-38-35-33-31-29-26-23-20-17-14-11-8-5-2/h7,10,16,18-19,21,23,25-28,31-34,37-39,41-42,44,46,72H,4-6,8-9,11-15,17,20,22,24,29-30,35-36,40,43,45,47-71H2,1-3H3/b10-7-,19-16-,21-18-,26-23-,28-25-,33-31-,34-32-,39-37-,41-38-,44-42-,46-27-. The Morgan fingerprint density at radius 1 is 0.259 bits per heavy atom. The number of hydrogen-bond acceptors (Lipinski definition) is 6. The van der Waals surface area contributed by atoms with Crippen LogP contribution >= 0.6 is 0 Å². The van der Waals surface area contributed by atoms with E-state index in [0.717, 1.165) is 154 Å². The number of carbonyl (C=O) groups excluding carboxylic acids is 3. The van der Waals surface area contributed by atoms with Crippen LogP contribution in [0.25, 0.3) is 0 Å². The second-order valence-electron chi connectivity index (χ2n) is 22.0. The predicted molar refractivity (Wildman–Crippen MR) is 353 cm³/mol. The zero-order valence-electron chi connectivity index (χ0n) is 52.8. The van der Waals surface area contributed by atoms with Crippen LogP contribution in [0.15, 0.2) is 134 Å². The molecule has 0 aromatic carbocycles. The molecule has 0 rings (SSSR count). The molecule has 6 heteroatoms. The molecule has 0 fully saturated rings. The third-order valence-corrected chi connectivity index (χ3v) is 14.1. The Bertz CT molecular complexity index is 1720. The number of carbonyl (C=O) groups is 3. The monoisotopic (exact) mass is 1120 g/mol. The van der Waals surface area contributed by atoms with Gasteiger partial charge in [0, 0.05) is 19.3 Å². The minimum Gasteiger partial charge on any atom is -0.462 e. The summed E-state index contributed by atoms with van der Waals surface area (Å²) in [6.07, 6.45) is 95.9. The lowest BCUT2D eigenvalue weighted by Gasteiger charge is -2.18. The van der Waals surface area contributed by atoms with Gasteiger partial charge >= 0.3 is 17.9 Å². The highest BCUT2D eigenvalue weighted by molar-refractivity contribution is 5.71. The highest BCUT2D eigenvalue weighted by Crippen LogP contribution is 2.15. The van der Waals surface area contributed by atoms with Crippen molar-refractivity contribution in [3.05, 3.63) is 134 Å². The van der Waals surface area contributed by atoms with Gasteiger partial charge in [0.15, 0.2) is 6.10 Å². The fourth-order valence-corrected chi connectivity index (χ4v) is 9.07. The summed E-state index contributed by atoms with van der Waals surface area (Å²) in [6.45, 7) is 6.47. The lowest BCUT2D eigenvalue weighted by atomic mass is 10.1. The van der Waals surface area contributed by atoms with Crippen LogP contribution in [0.3, 0.4) is 0 Å². The molecule has 1 unspecified atom stereocenters. The first-order valence-corrected chi connectivity index (χ1v) is 33.7. The van der Waals surface area contributed by atoms with Crippen LogP contribution in [0.1, 0.15) is 303 Å². The third kappa shape index (κ3) is 66.2. The van der Waals surface area contributed by atoms with Gasteiger partial charge in [-0.25, -0.2) is 0 Å². The normalized spacial score (nSPS) is 13.0. The second kappa shape index (κ2) is 68.1. The summed E-state index contributed by atoms with van der Waals surface area (Å²) in [5.41, 5.74) is 0. The number of ether oxygens (including phenoxy) is 3. The van der Waals surface area contributed by atoms with E-state index in [9.17, 15) is 14.4 Å². The Morgan fingerprint density at radius 3 is 0.778 bits per heavy atom. The molecule has 0 bridgehead atoms. The number of esters is 3. The van der Waals surface area contributed by atoms with E-state index in [1.807, 2.05) is 0 Å². The smallest absolute Gasteiger partial charge is 0.306 e. The van der Waals surface area contributed by atoms with Crippen LogP contribution in [-0.2, 0) is 28.6 Å². The predicted octanol–water partition coefficient (Wildman–Crippen LogP) is 23.3. The molecule has 1 atom stereocenters. The first-order chi connectivity index (χ1) is 40.0. The van der Waals surface area contributed by atoms with Crippen molar-refractivity contribution in [1.82, 2.24) is 0 Å². The van der Waals surface area contributed by atoms with E-state index < -0.39 is 6.10 Å². The van der Waals surface area contributed by atoms with Gasteiger partial charge in [-0.15, -0.1) is 0 Å². The molecular weight excluding hydrogens is 997 g/mol. The van der Waals surface area contributed by atoms with E-state index in [2.05, 4.69) is 154 Å². The maximum Gasteiger partial charge on any atom is 0.306 e. The van der Waals surface area contributed by atoms with Gasteiger partial charge in [0.1, 0.15) is 13.2 Å². The van der Waals surface area contributed by atoms with Gasteiger partial charge in [0.25, 0.3) is 0 Å². The first kappa shape index (κ1) is 76.5. The Balaban J connectivity index is 4.44. The summed E-state index contributed by atoms with van der Waals surface area (Å²) in [4.78, 5) is 38.4. The van der Waals surface area contributed by atoms with Crippen LogP contribution in [-0.4, -0.2) is 37.2 Å². The molecule has 0 aromatic heterocycles. The number of unbranched alkanes of at least 4 members (excludes halogenated alkanes) is 27. The molecule has 0 saturated carbocycles. The van der Waals surface area contributed by atoms with Gasteiger partial charge in [0.2, 0.25) is 0 Å². The summed E-state index contributed by atoms with van der Waals surface area (Å²) in [5.74, 6) is -0.926. The molecule has 0 aliphatic rings. The van der Waals surface area contributed by atoms with E-state index in [1.54, 1.807) is 0 Å². The minimum atomic E-state index is -0.801. The van der Waals surface area contributed by atoms with Crippen molar-refractivity contribution >= 4 is 17.9 Å². The van der Waals surface area contributed by atoms with Crippen molar-refractivity contribution in [3.63, 3.8) is 0 Å². The quantitative estimate of drug-likeness (QED) is 0.0261. The number of rotatable bonds is 60. The summed E-state index contributed by atoms with van der Waals surface area (Å²) < 4.78 is 16.9. The first-order valence-electron chi connectivity index (χ1n) is 33.7. The Morgan fingerprint density at radius 2 is 0.481 bits per heavy atom. The molecule has 460 valence electrons. The van der Waals surface area contributed by atoms with Crippen molar-refractivity contribution in [2.45, 2.75) is 309 Å². The number of allylic oxidation sites excluding steroid dienone is 22. The highest BCUT2D eigenvalue weighted by Gasteiger charge is 2.19. The van der Waals surface area contributed by atoms with Gasteiger partial charge in [-0.2, -0.15) is 0 Å². The zero-order valence-corrected chi connectivity index (χ0v) is 52.8. The summed E-state index contributed by atoms with van der Waals surface area (Å²) in [7, 11) is 0. The van der Waals surface area contributed by atoms with Crippen LogP contribution in [0, 0.1) is 0 Å². The van der Waals surface area contributed by atoms with Crippen LogP contribution < -0.4 is 0 Å². The number of hydrogen-bond donors (Lipinski definition) is 0. The Labute approximate surface area is 500 Å². The minimum absolute atomic E-state index is 0.0965. The molecule has 0 amide bonds. The zero-order chi connectivity index (χ0) is 58.5. The summed E-state index contributed by atoms with van der Waals surface area (Å²) in [5, 5.41) is 0. The Hall–Kier alpha value is -4.45. The lowest BCUT2D eigenvalue weighted by molar-refractivity contribution is -0.167. The molecule has 0 aliphatic heterocycles. The van der Waals surface area contributed by atoms with Crippen LogP contribution in [0.5, 0.6) is 0 Å². The van der Waals surface area contributed by atoms with E-state index >= 15 is 0 Å². The lowest BCUT2D eigenvalue weighted by Crippen LogP contribution is -2.30. The second-order valence-corrected chi connectivity index (χ2v) is 22.0. The Kier molecular flexibility index (Phi) is 64.3. The maximum atomic E-state index is 12.9. The molecule has 81 heavy (non-hydrogen) atoms. The van der Waals surface area contributed by atoms with Gasteiger partial charge < -0.3 is 14.2 Å². The van der Waals surface area contributed by atoms with Crippen molar-refractivity contribution in [1.29, 1.82) is 0 Å². The molecule has 0 heterocycles. The highest BCUT2D eigenvalue weighted by atomic mass is 16.6. The third-order valence-electron chi connectivity index (χ3n) is 14.1. The van der Waals surface area contributed by atoms with Crippen molar-refractivity contribution in [2.75, 3.05) is 13.2 Å². The molecule has 0 N–H and O–H groups in total. The van der Waals surface area contributed by atoms with Gasteiger partial charge in [-0.05, 0) is 141 Å². The van der Waals surface area contributed by atoms with Crippen LogP contribution in [0.4, 0.5) is 0 Å². The fourth-order valence-electron chi connectivity index (χ4n) is 9.07. The van der Waals surface area contributed by atoms with Gasteiger partial charge in [-0.3, -0.25) is 14.4 Å². The summed E-state index contributed by atoms with van der Waals surface area (Å²) >= 11 is 0. The van der Waals surface area contributed by atoms with Crippen molar-refractivity contribution < 1.29 is 28.6 Å². The largest absolute Gasteiger partial charge is 0.462 e. The topological polar surface area (TPSA) is 78.9 Å². The van der Waals surface area contributed by atoms with Crippen molar-refractivity contribution in [3.8, 4) is 0 Å². The average Bonchev–Trinajstić information content (AvgIpc) is 3.47. The van der Waals surface area contributed by atoms with E-state index in [-0.39, 0.29) is 31.1 Å². The molecular formula is C75H124O6. The molecule has 0 saturated heterocycles. The maximum absolute atomic E-state index is 12.9. The average molecular weight is 1120 g/mol. The van der Waals surface area contributed by atoms with Crippen molar-refractivity contribution in [2.24, 2.45) is 0 Å². The van der Waals surface area contributed by atoms with E-state index in [1.165, 1.54) is 109 Å². The fraction of sp³-hybridized carbons (Fsp3) is 0.667. The molecule has 0 radical (unpaired) electrons. The molecule has 0 aromatic rings. The SMILES string of the molecule is CC/C=C\C/C=C\C/C=C\C/C=C\C/C=C\C/C=C\CCCCCCCCC(=O)OCC(COC(=O)CCCCCCC/C=C\C/C=C\CCCCC)OC(=O)CCCCCCCCCC/C=C\C/C=C\C/C=C\CCCCCCC. The van der Waals surface area contributed by atoms with Crippen LogP contribution in [0.2, 0.25) is 0 Å². The molecule has 6 nitrogen and oxygen atoms in total.